The van der Waals surface area contributed by atoms with Gasteiger partial charge in [0.1, 0.15) is 5.75 Å². The average molecular weight is 419 g/mol. The van der Waals surface area contributed by atoms with Gasteiger partial charge >= 0.3 is 5.97 Å². The number of esters is 1. The van der Waals surface area contributed by atoms with Crippen LogP contribution in [0.15, 0.2) is 24.3 Å². The molecule has 0 saturated carbocycles. The molecule has 7 heteroatoms. The van der Waals surface area contributed by atoms with E-state index in [4.69, 9.17) is 21.1 Å². The van der Waals surface area contributed by atoms with Crippen molar-refractivity contribution in [1.82, 2.24) is 9.47 Å². The second kappa shape index (κ2) is 8.91. The number of aromatic nitrogens is 1. The Labute approximate surface area is 176 Å². The molecule has 0 spiro atoms. The highest BCUT2D eigenvalue weighted by atomic mass is 35.5. The third-order valence-electron chi connectivity index (χ3n) is 5.48. The van der Waals surface area contributed by atoms with Gasteiger partial charge < -0.3 is 18.9 Å². The molecule has 1 amide bonds. The van der Waals surface area contributed by atoms with E-state index in [9.17, 15) is 9.59 Å². The molecule has 1 atom stereocenters. The number of halogens is 1. The summed E-state index contributed by atoms with van der Waals surface area (Å²) in [6.07, 6.45) is 3.11. The van der Waals surface area contributed by atoms with Crippen molar-refractivity contribution in [3.05, 3.63) is 46.2 Å². The number of ether oxygens (including phenoxy) is 2. The van der Waals surface area contributed by atoms with E-state index < -0.39 is 5.97 Å². The number of carbonyl (C=O) groups is 2. The molecule has 6 nitrogen and oxygen atoms in total. The molecule has 29 heavy (non-hydrogen) atoms. The summed E-state index contributed by atoms with van der Waals surface area (Å²) in [6, 6.07) is 7.27. The monoisotopic (exact) mass is 418 g/mol. The van der Waals surface area contributed by atoms with Crippen LogP contribution in [0.3, 0.4) is 0 Å². The second-order valence-corrected chi connectivity index (χ2v) is 7.88. The number of piperidine rings is 1. The van der Waals surface area contributed by atoms with Gasteiger partial charge in [0, 0.05) is 29.0 Å². The van der Waals surface area contributed by atoms with Gasteiger partial charge in [0.25, 0.3) is 5.91 Å². The Morgan fingerprint density at radius 2 is 1.97 bits per heavy atom. The quantitative estimate of drug-likeness (QED) is 0.678. The molecule has 0 radical (unpaired) electrons. The van der Waals surface area contributed by atoms with Crippen molar-refractivity contribution < 1.29 is 19.1 Å². The van der Waals surface area contributed by atoms with E-state index in [0.29, 0.717) is 22.0 Å². The smallest absolute Gasteiger partial charge is 0.340 e. The van der Waals surface area contributed by atoms with Crippen LogP contribution in [0.5, 0.6) is 5.75 Å². The zero-order valence-electron chi connectivity index (χ0n) is 17.3. The van der Waals surface area contributed by atoms with Crippen LogP contribution >= 0.6 is 11.6 Å². The minimum atomic E-state index is -0.511. The van der Waals surface area contributed by atoms with Gasteiger partial charge in [0.15, 0.2) is 6.61 Å². The zero-order chi connectivity index (χ0) is 21.1. The number of aryl methyl sites for hydroxylation is 1. The predicted molar refractivity (Wildman–Crippen MR) is 112 cm³/mol. The van der Waals surface area contributed by atoms with Crippen LogP contribution in [0.4, 0.5) is 0 Å². The van der Waals surface area contributed by atoms with Crippen LogP contribution in [0.1, 0.15) is 47.9 Å². The average Bonchev–Trinajstić information content (AvgIpc) is 3.00. The molecule has 0 N–H and O–H groups in total. The predicted octanol–water partition coefficient (Wildman–Crippen LogP) is 4.31. The molecule has 1 aromatic heterocycles. The van der Waals surface area contributed by atoms with Crippen molar-refractivity contribution in [2.75, 3.05) is 20.3 Å². The van der Waals surface area contributed by atoms with Crippen LogP contribution in [-0.2, 0) is 9.53 Å². The number of hydrogen-bond donors (Lipinski definition) is 0. The van der Waals surface area contributed by atoms with Crippen LogP contribution in [0.2, 0.25) is 5.02 Å². The Morgan fingerprint density at radius 1 is 1.21 bits per heavy atom. The fraction of sp³-hybridized carbons (Fsp3) is 0.455. The lowest BCUT2D eigenvalue weighted by Gasteiger charge is -2.33. The SMILES string of the molecule is COc1ccc(Cl)cc1-n1c(C)cc(C(=O)OCC(=O)N2CCCC[C@@H]2C)c1C. The summed E-state index contributed by atoms with van der Waals surface area (Å²) in [4.78, 5) is 26.9. The first-order valence-corrected chi connectivity index (χ1v) is 10.2. The van der Waals surface area contributed by atoms with E-state index in [1.165, 1.54) is 0 Å². The molecule has 1 saturated heterocycles. The largest absolute Gasteiger partial charge is 0.495 e. The van der Waals surface area contributed by atoms with E-state index in [1.807, 2.05) is 25.3 Å². The number of rotatable bonds is 5. The van der Waals surface area contributed by atoms with Gasteiger partial charge in [-0.25, -0.2) is 4.79 Å². The Hall–Kier alpha value is -2.47. The molecular weight excluding hydrogens is 392 g/mol. The summed E-state index contributed by atoms with van der Waals surface area (Å²) < 4.78 is 12.7. The van der Waals surface area contributed by atoms with Crippen LogP contribution in [0.25, 0.3) is 5.69 Å². The highest BCUT2D eigenvalue weighted by molar-refractivity contribution is 6.30. The molecule has 1 aromatic carbocycles. The van der Waals surface area contributed by atoms with E-state index in [1.54, 1.807) is 36.3 Å². The molecule has 156 valence electrons. The fourth-order valence-electron chi connectivity index (χ4n) is 3.93. The van der Waals surface area contributed by atoms with Crippen molar-refractivity contribution in [2.45, 2.75) is 46.1 Å². The van der Waals surface area contributed by atoms with E-state index in [-0.39, 0.29) is 18.6 Å². The molecule has 3 rings (SSSR count). The first kappa shape index (κ1) is 21.2. The lowest BCUT2D eigenvalue weighted by Crippen LogP contribution is -2.44. The molecule has 2 aromatic rings. The van der Waals surface area contributed by atoms with Gasteiger partial charge in [-0.1, -0.05) is 11.6 Å². The number of benzene rings is 1. The molecular formula is C22H27ClN2O4. The van der Waals surface area contributed by atoms with Gasteiger partial charge in [0.05, 0.1) is 18.4 Å². The van der Waals surface area contributed by atoms with Gasteiger partial charge in [-0.15, -0.1) is 0 Å². The molecule has 0 bridgehead atoms. The number of nitrogens with zero attached hydrogens (tertiary/aromatic N) is 2. The first-order valence-electron chi connectivity index (χ1n) is 9.83. The number of likely N-dealkylation sites (tertiary alicyclic amines) is 1. The first-order chi connectivity index (χ1) is 13.8. The Morgan fingerprint density at radius 3 is 2.66 bits per heavy atom. The number of methoxy groups -OCH3 is 1. The third kappa shape index (κ3) is 4.42. The van der Waals surface area contributed by atoms with Crippen LogP contribution in [0, 0.1) is 13.8 Å². The normalized spacial score (nSPS) is 16.6. The highest BCUT2D eigenvalue weighted by Gasteiger charge is 2.25. The Balaban J connectivity index is 1.78. The zero-order valence-corrected chi connectivity index (χ0v) is 18.1. The minimum absolute atomic E-state index is 0.143. The van der Waals surface area contributed by atoms with Crippen molar-refractivity contribution in [3.63, 3.8) is 0 Å². The van der Waals surface area contributed by atoms with Crippen LogP contribution in [-0.4, -0.2) is 47.6 Å². The van der Waals surface area contributed by atoms with Crippen molar-refractivity contribution >= 4 is 23.5 Å². The molecule has 1 fully saturated rings. The minimum Gasteiger partial charge on any atom is -0.495 e. The van der Waals surface area contributed by atoms with E-state index >= 15 is 0 Å². The summed E-state index contributed by atoms with van der Waals surface area (Å²) in [5, 5.41) is 0.568. The lowest BCUT2D eigenvalue weighted by molar-refractivity contribution is -0.137. The Kier molecular flexibility index (Phi) is 6.52. The second-order valence-electron chi connectivity index (χ2n) is 7.44. The van der Waals surface area contributed by atoms with E-state index in [2.05, 4.69) is 0 Å². The maximum absolute atomic E-state index is 12.7. The standard InChI is InChI=1S/C22H27ClN2O4/c1-14-7-5-6-10-24(14)21(26)13-29-22(27)18-11-15(2)25(16(18)3)19-12-17(23)8-9-20(19)28-4/h8-9,11-12,14H,5-7,10,13H2,1-4H3/t14-/m0/s1. The summed E-state index contributed by atoms with van der Waals surface area (Å²) in [5.41, 5.74) is 2.70. The molecule has 1 aliphatic heterocycles. The summed E-state index contributed by atoms with van der Waals surface area (Å²) >= 11 is 6.17. The van der Waals surface area contributed by atoms with Crippen molar-refractivity contribution in [3.8, 4) is 11.4 Å². The summed E-state index contributed by atoms with van der Waals surface area (Å²) in [5.74, 6) is -0.00962. The van der Waals surface area contributed by atoms with Gasteiger partial charge in [0.2, 0.25) is 0 Å². The summed E-state index contributed by atoms with van der Waals surface area (Å²) in [7, 11) is 1.59. The molecule has 0 unspecified atom stereocenters. The number of amides is 1. The van der Waals surface area contributed by atoms with Gasteiger partial charge in [-0.2, -0.15) is 0 Å². The number of hydrogen-bond acceptors (Lipinski definition) is 4. The Bertz CT molecular complexity index is 922. The topological polar surface area (TPSA) is 60.8 Å². The molecule has 0 aliphatic carbocycles. The van der Waals surface area contributed by atoms with Crippen molar-refractivity contribution in [1.29, 1.82) is 0 Å². The molecule has 2 heterocycles. The van der Waals surface area contributed by atoms with Gasteiger partial charge in [-0.05, 0) is 64.3 Å². The number of carbonyl (C=O) groups excluding carboxylic acids is 2. The molecule has 1 aliphatic rings. The van der Waals surface area contributed by atoms with Crippen molar-refractivity contribution in [2.24, 2.45) is 0 Å². The summed E-state index contributed by atoms with van der Waals surface area (Å²) in [6.45, 7) is 6.24. The highest BCUT2D eigenvalue weighted by Crippen LogP contribution is 2.31. The van der Waals surface area contributed by atoms with Crippen LogP contribution < -0.4 is 4.74 Å². The third-order valence-corrected chi connectivity index (χ3v) is 5.72. The maximum Gasteiger partial charge on any atom is 0.340 e. The lowest BCUT2D eigenvalue weighted by atomic mass is 10.0. The maximum atomic E-state index is 12.7. The van der Waals surface area contributed by atoms with Gasteiger partial charge in [-0.3, -0.25) is 4.79 Å². The van der Waals surface area contributed by atoms with E-state index in [0.717, 1.165) is 37.2 Å². The fourth-order valence-corrected chi connectivity index (χ4v) is 4.10.